The van der Waals surface area contributed by atoms with Crippen LogP contribution in [0.2, 0.25) is 0 Å². The Morgan fingerprint density at radius 3 is 2.61 bits per heavy atom. The molecule has 0 fully saturated rings. The summed E-state index contributed by atoms with van der Waals surface area (Å²) >= 11 is 0. The zero-order valence-corrected chi connectivity index (χ0v) is 16.4. The summed E-state index contributed by atoms with van der Waals surface area (Å²) in [6, 6.07) is 14.6. The molecule has 0 atom stereocenters. The number of amides is 1. The maximum atomic E-state index is 12.7. The van der Waals surface area contributed by atoms with Crippen molar-refractivity contribution in [1.29, 1.82) is 0 Å². The Morgan fingerprint density at radius 2 is 1.86 bits per heavy atom. The van der Waals surface area contributed by atoms with Crippen molar-refractivity contribution in [2.75, 3.05) is 19.0 Å². The molecule has 0 aliphatic heterocycles. The molecule has 3 rings (SSSR count). The zero-order chi connectivity index (χ0) is 19.8. The maximum absolute atomic E-state index is 12.7. The van der Waals surface area contributed by atoms with Gasteiger partial charge in [-0.3, -0.25) is 9.78 Å². The maximum Gasteiger partial charge on any atom is 0.255 e. The number of nitrogens with zero attached hydrogens (tertiary/aromatic N) is 1. The minimum atomic E-state index is -0.176. The van der Waals surface area contributed by atoms with Crippen LogP contribution >= 0.6 is 0 Å². The lowest BCUT2D eigenvalue weighted by atomic mass is 10.1. The van der Waals surface area contributed by atoms with Gasteiger partial charge in [0.05, 0.1) is 19.4 Å². The van der Waals surface area contributed by atoms with E-state index in [1.54, 1.807) is 31.5 Å². The van der Waals surface area contributed by atoms with E-state index in [1.165, 1.54) is 19.3 Å². The van der Waals surface area contributed by atoms with Gasteiger partial charge in [0.2, 0.25) is 0 Å². The second-order valence-corrected chi connectivity index (χ2v) is 6.60. The van der Waals surface area contributed by atoms with Crippen LogP contribution in [0.4, 0.5) is 5.69 Å². The first-order valence-electron chi connectivity index (χ1n) is 9.69. The van der Waals surface area contributed by atoms with Crippen molar-refractivity contribution in [2.24, 2.45) is 0 Å². The molecule has 0 spiro atoms. The van der Waals surface area contributed by atoms with Crippen LogP contribution in [0.3, 0.4) is 0 Å². The topological polar surface area (TPSA) is 60.5 Å². The van der Waals surface area contributed by atoms with E-state index >= 15 is 0 Å². The van der Waals surface area contributed by atoms with Gasteiger partial charge >= 0.3 is 0 Å². The second kappa shape index (κ2) is 9.74. The Bertz CT molecular complexity index is 923. The highest BCUT2D eigenvalue weighted by atomic mass is 16.5. The average molecular weight is 378 g/mol. The van der Waals surface area contributed by atoms with Crippen molar-refractivity contribution in [1.82, 2.24) is 4.98 Å². The number of methoxy groups -OCH3 is 1. The number of unbranched alkanes of at least 4 members (excludes halogenated alkanes) is 3. The van der Waals surface area contributed by atoms with Gasteiger partial charge in [-0.15, -0.1) is 0 Å². The number of pyridine rings is 1. The van der Waals surface area contributed by atoms with Crippen molar-refractivity contribution in [2.45, 2.75) is 32.6 Å². The number of carbonyl (C=O) groups excluding carboxylic acids is 1. The molecule has 1 N–H and O–H groups in total. The van der Waals surface area contributed by atoms with Gasteiger partial charge in [-0.25, -0.2) is 0 Å². The van der Waals surface area contributed by atoms with E-state index in [0.717, 1.165) is 23.1 Å². The van der Waals surface area contributed by atoms with E-state index in [1.807, 2.05) is 30.3 Å². The highest BCUT2D eigenvalue weighted by Gasteiger charge is 2.11. The molecule has 0 aliphatic rings. The number of fused-ring (bicyclic) bond motifs is 1. The van der Waals surface area contributed by atoms with Crippen LogP contribution < -0.4 is 14.8 Å². The summed E-state index contributed by atoms with van der Waals surface area (Å²) in [6.45, 7) is 2.90. The second-order valence-electron chi connectivity index (χ2n) is 6.60. The van der Waals surface area contributed by atoms with Crippen LogP contribution in [0, 0.1) is 0 Å². The minimum Gasteiger partial charge on any atom is -0.494 e. The normalized spacial score (nSPS) is 10.6. The zero-order valence-electron chi connectivity index (χ0n) is 16.4. The Morgan fingerprint density at radius 1 is 1.04 bits per heavy atom. The Hall–Kier alpha value is -3.08. The summed E-state index contributed by atoms with van der Waals surface area (Å²) in [6.07, 6.45) is 6.38. The molecule has 5 nitrogen and oxygen atoms in total. The monoisotopic (exact) mass is 378 g/mol. The summed E-state index contributed by atoms with van der Waals surface area (Å²) < 4.78 is 11.1. The summed E-state index contributed by atoms with van der Waals surface area (Å²) in [4.78, 5) is 17.0. The van der Waals surface area contributed by atoms with Crippen molar-refractivity contribution in [3.63, 3.8) is 0 Å². The fourth-order valence-corrected chi connectivity index (χ4v) is 3.04. The number of aromatic nitrogens is 1. The minimum absolute atomic E-state index is 0.176. The number of rotatable bonds is 9. The molecule has 0 saturated carbocycles. The molecule has 0 radical (unpaired) electrons. The van der Waals surface area contributed by atoms with Crippen molar-refractivity contribution in [3.05, 3.63) is 60.3 Å². The third kappa shape index (κ3) is 4.80. The molecular formula is C23H26N2O3. The molecule has 28 heavy (non-hydrogen) atoms. The first-order chi connectivity index (χ1) is 13.7. The highest BCUT2D eigenvalue weighted by molar-refractivity contribution is 6.09. The Balaban J connectivity index is 1.66. The number of hydrogen-bond acceptors (Lipinski definition) is 4. The van der Waals surface area contributed by atoms with E-state index in [4.69, 9.17) is 9.47 Å². The third-order valence-electron chi connectivity index (χ3n) is 4.58. The summed E-state index contributed by atoms with van der Waals surface area (Å²) in [5.74, 6) is 1.28. The van der Waals surface area contributed by atoms with Crippen LogP contribution in [-0.2, 0) is 0 Å². The molecule has 1 aromatic heterocycles. The van der Waals surface area contributed by atoms with Crippen LogP contribution in [0.5, 0.6) is 11.5 Å². The SMILES string of the molecule is CCCCCCOc1ccc(C(=O)Nc2ccc(OC)c3ncccc23)cc1. The molecule has 5 heteroatoms. The van der Waals surface area contributed by atoms with E-state index in [9.17, 15) is 4.79 Å². The predicted molar refractivity (Wildman–Crippen MR) is 112 cm³/mol. The average Bonchev–Trinajstić information content (AvgIpc) is 2.74. The quantitative estimate of drug-likeness (QED) is 0.503. The van der Waals surface area contributed by atoms with Gasteiger partial charge in [-0.2, -0.15) is 0 Å². The van der Waals surface area contributed by atoms with Gasteiger partial charge in [-0.05, 0) is 55.0 Å². The Kier molecular flexibility index (Phi) is 6.84. The molecule has 1 amide bonds. The lowest BCUT2D eigenvalue weighted by Crippen LogP contribution is -2.12. The number of ether oxygens (including phenoxy) is 2. The van der Waals surface area contributed by atoms with E-state index in [-0.39, 0.29) is 5.91 Å². The number of anilines is 1. The van der Waals surface area contributed by atoms with Crippen LogP contribution in [0.1, 0.15) is 43.0 Å². The molecule has 0 unspecified atom stereocenters. The lowest BCUT2D eigenvalue weighted by Gasteiger charge is -2.11. The standard InChI is InChI=1S/C23H26N2O3/c1-3-4-5-6-16-28-18-11-9-17(10-12-18)23(26)25-20-13-14-21(27-2)22-19(20)8-7-15-24-22/h7-15H,3-6,16H2,1-2H3,(H,25,26). The first-order valence-corrected chi connectivity index (χ1v) is 9.69. The van der Waals surface area contributed by atoms with Crippen LogP contribution in [-0.4, -0.2) is 24.6 Å². The summed E-state index contributed by atoms with van der Waals surface area (Å²) in [7, 11) is 1.61. The molecule has 146 valence electrons. The molecular weight excluding hydrogens is 352 g/mol. The fraction of sp³-hybridized carbons (Fsp3) is 0.304. The lowest BCUT2D eigenvalue weighted by molar-refractivity contribution is 0.102. The molecule has 1 heterocycles. The largest absolute Gasteiger partial charge is 0.494 e. The molecule has 2 aromatic carbocycles. The smallest absolute Gasteiger partial charge is 0.255 e. The number of nitrogens with one attached hydrogen (secondary N) is 1. The molecule has 3 aromatic rings. The fourth-order valence-electron chi connectivity index (χ4n) is 3.04. The summed E-state index contributed by atoms with van der Waals surface area (Å²) in [5, 5.41) is 3.80. The molecule has 0 aliphatic carbocycles. The molecule has 0 saturated heterocycles. The van der Waals surface area contributed by atoms with E-state index in [2.05, 4.69) is 17.2 Å². The van der Waals surface area contributed by atoms with Crippen molar-refractivity contribution < 1.29 is 14.3 Å². The highest BCUT2D eigenvalue weighted by Crippen LogP contribution is 2.30. The number of benzene rings is 2. The number of hydrogen-bond donors (Lipinski definition) is 1. The first kappa shape index (κ1) is 19.7. The van der Waals surface area contributed by atoms with Crippen LogP contribution in [0.15, 0.2) is 54.7 Å². The van der Waals surface area contributed by atoms with Gasteiger partial charge in [0.15, 0.2) is 0 Å². The number of carbonyl (C=O) groups is 1. The van der Waals surface area contributed by atoms with Gasteiger partial charge in [0.1, 0.15) is 17.0 Å². The van der Waals surface area contributed by atoms with E-state index < -0.39 is 0 Å². The van der Waals surface area contributed by atoms with Gasteiger partial charge in [-0.1, -0.05) is 26.2 Å². The van der Waals surface area contributed by atoms with Crippen molar-refractivity contribution >= 4 is 22.5 Å². The molecule has 0 bridgehead atoms. The van der Waals surface area contributed by atoms with Crippen molar-refractivity contribution in [3.8, 4) is 11.5 Å². The van der Waals surface area contributed by atoms with E-state index in [0.29, 0.717) is 23.6 Å². The predicted octanol–water partition coefficient (Wildman–Crippen LogP) is 5.45. The van der Waals surface area contributed by atoms with Gasteiger partial charge < -0.3 is 14.8 Å². The van der Waals surface area contributed by atoms with Crippen LogP contribution in [0.25, 0.3) is 10.9 Å². The summed E-state index contributed by atoms with van der Waals surface area (Å²) in [5.41, 5.74) is 1.99. The Labute approximate surface area is 165 Å². The van der Waals surface area contributed by atoms with Gasteiger partial charge in [0, 0.05) is 17.1 Å². The third-order valence-corrected chi connectivity index (χ3v) is 4.58. The van der Waals surface area contributed by atoms with Gasteiger partial charge in [0.25, 0.3) is 5.91 Å².